The molecular weight excluding hydrogens is 434 g/mol. The number of hydrogen-bond donors (Lipinski definition) is 0. The van der Waals surface area contributed by atoms with E-state index in [0.29, 0.717) is 23.1 Å². The zero-order chi connectivity index (χ0) is 19.4. The first kappa shape index (κ1) is 19.6. The Balaban J connectivity index is 1.72. The molecule has 27 heavy (non-hydrogen) atoms. The summed E-state index contributed by atoms with van der Waals surface area (Å²) in [7, 11) is 1.66. The minimum atomic E-state index is -0.738. The summed E-state index contributed by atoms with van der Waals surface area (Å²) in [5.74, 6) is 0.114. The maximum atomic E-state index is 12.6. The first-order chi connectivity index (χ1) is 13.0. The molecule has 0 bridgehead atoms. The zero-order valence-corrected chi connectivity index (χ0v) is 17.5. The summed E-state index contributed by atoms with van der Waals surface area (Å²) >= 11 is 4.64. The lowest BCUT2D eigenvalue weighted by Gasteiger charge is -2.20. The minimum Gasteiger partial charge on any atom is -0.494 e. The van der Waals surface area contributed by atoms with Crippen molar-refractivity contribution in [1.82, 2.24) is 9.88 Å². The van der Waals surface area contributed by atoms with E-state index in [1.54, 1.807) is 37.5 Å². The maximum Gasteiger partial charge on any atom is 0.340 e. The fraction of sp³-hybridized carbons (Fsp3) is 0.389. The van der Waals surface area contributed by atoms with Gasteiger partial charge in [0.15, 0.2) is 5.13 Å². The molecule has 1 atom stereocenters. The number of ether oxygens (including phenoxy) is 2. The average Bonchev–Trinajstić information content (AvgIpc) is 3.18. The standard InChI is InChI=1S/C18H20BrN3O4S/c1-3-4-8-25-13-7-5-6-12(9-13)16(23)26-15-11-21(2)18(24)22(15)17-20-10-14(19)27-17/h5-7,9-10,15H,3-4,8,11H2,1-2H3. The van der Waals surface area contributed by atoms with Crippen LogP contribution in [0.25, 0.3) is 0 Å². The van der Waals surface area contributed by atoms with Crippen molar-refractivity contribution in [2.45, 2.75) is 26.0 Å². The van der Waals surface area contributed by atoms with Crippen LogP contribution in [0.2, 0.25) is 0 Å². The van der Waals surface area contributed by atoms with E-state index in [1.807, 2.05) is 0 Å². The molecule has 1 aliphatic rings. The van der Waals surface area contributed by atoms with Gasteiger partial charge in [-0.15, -0.1) is 0 Å². The molecule has 1 unspecified atom stereocenters. The van der Waals surface area contributed by atoms with E-state index in [-0.39, 0.29) is 12.6 Å². The van der Waals surface area contributed by atoms with E-state index in [4.69, 9.17) is 9.47 Å². The monoisotopic (exact) mass is 453 g/mol. The van der Waals surface area contributed by atoms with E-state index in [1.165, 1.54) is 21.1 Å². The van der Waals surface area contributed by atoms with Gasteiger partial charge in [-0.1, -0.05) is 30.7 Å². The summed E-state index contributed by atoms with van der Waals surface area (Å²) in [5, 5.41) is 0.477. The highest BCUT2D eigenvalue weighted by molar-refractivity contribution is 9.11. The second-order valence-electron chi connectivity index (χ2n) is 6.07. The summed E-state index contributed by atoms with van der Waals surface area (Å²) < 4.78 is 12.0. The average molecular weight is 454 g/mol. The Bertz CT molecular complexity index is 828. The van der Waals surface area contributed by atoms with E-state index < -0.39 is 12.2 Å². The van der Waals surface area contributed by atoms with Crippen molar-refractivity contribution in [3.8, 4) is 5.75 Å². The fourth-order valence-electron chi connectivity index (χ4n) is 2.59. The Morgan fingerprint density at radius 3 is 2.96 bits per heavy atom. The van der Waals surface area contributed by atoms with E-state index in [9.17, 15) is 9.59 Å². The molecule has 0 spiro atoms. The summed E-state index contributed by atoms with van der Waals surface area (Å²) in [6.45, 7) is 2.96. The highest BCUT2D eigenvalue weighted by atomic mass is 79.9. The van der Waals surface area contributed by atoms with Crippen LogP contribution in [0.3, 0.4) is 0 Å². The van der Waals surface area contributed by atoms with Crippen molar-refractivity contribution in [2.24, 2.45) is 0 Å². The molecule has 0 radical (unpaired) electrons. The number of hydrogen-bond acceptors (Lipinski definition) is 6. The second-order valence-corrected chi connectivity index (χ2v) is 8.46. The van der Waals surface area contributed by atoms with Gasteiger partial charge in [0.05, 0.1) is 28.7 Å². The number of urea groups is 1. The van der Waals surface area contributed by atoms with E-state index in [0.717, 1.165) is 16.6 Å². The van der Waals surface area contributed by atoms with Gasteiger partial charge in [0.1, 0.15) is 5.75 Å². The van der Waals surface area contributed by atoms with Crippen LogP contribution in [0, 0.1) is 0 Å². The molecule has 0 saturated carbocycles. The summed E-state index contributed by atoms with van der Waals surface area (Å²) in [6.07, 6.45) is 2.86. The molecule has 1 aromatic carbocycles. The molecule has 0 N–H and O–H groups in total. The van der Waals surface area contributed by atoms with Crippen molar-refractivity contribution < 1.29 is 19.1 Å². The van der Waals surface area contributed by atoms with Crippen LogP contribution in [0.15, 0.2) is 34.2 Å². The number of benzene rings is 1. The van der Waals surface area contributed by atoms with E-state index >= 15 is 0 Å². The normalized spacial score (nSPS) is 16.7. The Morgan fingerprint density at radius 2 is 2.26 bits per heavy atom. The number of unbranched alkanes of at least 4 members (excludes halogenated alkanes) is 1. The number of likely N-dealkylation sites (N-methyl/N-ethyl adjacent to an activating group) is 1. The topological polar surface area (TPSA) is 72.0 Å². The highest BCUT2D eigenvalue weighted by Gasteiger charge is 2.40. The molecule has 9 heteroatoms. The Kier molecular flexibility index (Phi) is 6.33. The van der Waals surface area contributed by atoms with Crippen LogP contribution in [-0.2, 0) is 4.74 Å². The number of carbonyl (C=O) groups excluding carboxylic acids is 2. The van der Waals surface area contributed by atoms with Crippen LogP contribution in [0.1, 0.15) is 30.1 Å². The second kappa shape index (κ2) is 8.71. The molecule has 0 aliphatic carbocycles. The van der Waals surface area contributed by atoms with Crippen molar-refractivity contribution in [2.75, 3.05) is 25.1 Å². The largest absolute Gasteiger partial charge is 0.494 e. The first-order valence-corrected chi connectivity index (χ1v) is 10.2. The number of rotatable bonds is 7. The maximum absolute atomic E-state index is 12.6. The van der Waals surface area contributed by atoms with Gasteiger partial charge in [-0.3, -0.25) is 0 Å². The summed E-state index contributed by atoms with van der Waals surface area (Å²) in [4.78, 5) is 32.2. The van der Waals surface area contributed by atoms with Gasteiger partial charge in [0.2, 0.25) is 6.23 Å². The van der Waals surface area contributed by atoms with Crippen molar-refractivity contribution in [1.29, 1.82) is 0 Å². The minimum absolute atomic E-state index is 0.258. The highest BCUT2D eigenvalue weighted by Crippen LogP contribution is 2.32. The number of thiazole rings is 1. The summed E-state index contributed by atoms with van der Waals surface area (Å²) in [6, 6.07) is 6.62. The van der Waals surface area contributed by atoms with Gasteiger partial charge < -0.3 is 14.4 Å². The Morgan fingerprint density at radius 1 is 1.44 bits per heavy atom. The van der Waals surface area contributed by atoms with Crippen molar-refractivity contribution in [3.63, 3.8) is 0 Å². The molecule has 2 heterocycles. The third-order valence-corrected chi connectivity index (χ3v) is 5.48. The number of halogens is 1. The van der Waals surface area contributed by atoms with Crippen LogP contribution in [-0.4, -0.2) is 48.3 Å². The Hall–Kier alpha value is -2.13. The number of aromatic nitrogens is 1. The fourth-order valence-corrected chi connectivity index (χ4v) is 3.81. The number of nitrogens with zero attached hydrogens (tertiary/aromatic N) is 3. The Labute approximate surface area is 170 Å². The molecule has 1 saturated heterocycles. The smallest absolute Gasteiger partial charge is 0.340 e. The first-order valence-electron chi connectivity index (χ1n) is 8.59. The molecular formula is C18H20BrN3O4S. The third-order valence-electron chi connectivity index (χ3n) is 4.00. The zero-order valence-electron chi connectivity index (χ0n) is 15.1. The van der Waals surface area contributed by atoms with Crippen molar-refractivity contribution >= 4 is 44.4 Å². The number of esters is 1. The van der Waals surface area contributed by atoms with Gasteiger partial charge in [-0.2, -0.15) is 0 Å². The lowest BCUT2D eigenvalue weighted by Crippen LogP contribution is -2.37. The van der Waals surface area contributed by atoms with Crippen LogP contribution >= 0.6 is 27.3 Å². The van der Waals surface area contributed by atoms with Gasteiger partial charge in [0.25, 0.3) is 0 Å². The van der Waals surface area contributed by atoms with Crippen LogP contribution in [0.5, 0.6) is 5.75 Å². The predicted octanol–water partition coefficient (Wildman–Crippen LogP) is 4.14. The molecule has 3 rings (SSSR count). The predicted molar refractivity (Wildman–Crippen MR) is 106 cm³/mol. The molecule has 2 aromatic rings. The van der Waals surface area contributed by atoms with Gasteiger partial charge >= 0.3 is 12.0 Å². The third kappa shape index (κ3) is 4.59. The van der Waals surface area contributed by atoms with Gasteiger partial charge in [-0.05, 0) is 40.5 Å². The number of carbonyl (C=O) groups is 2. The number of amides is 2. The molecule has 1 aromatic heterocycles. The van der Waals surface area contributed by atoms with Crippen LogP contribution in [0.4, 0.5) is 9.93 Å². The molecule has 1 fully saturated rings. The van der Waals surface area contributed by atoms with Crippen LogP contribution < -0.4 is 9.64 Å². The lowest BCUT2D eigenvalue weighted by molar-refractivity contribution is 0.0331. The molecule has 1 aliphatic heterocycles. The van der Waals surface area contributed by atoms with E-state index in [2.05, 4.69) is 27.8 Å². The summed E-state index contributed by atoms with van der Waals surface area (Å²) in [5.41, 5.74) is 0.381. The van der Waals surface area contributed by atoms with Crippen molar-refractivity contribution in [3.05, 3.63) is 39.8 Å². The molecule has 144 valence electrons. The quantitative estimate of drug-likeness (QED) is 0.465. The van der Waals surface area contributed by atoms with Gasteiger partial charge in [-0.25, -0.2) is 19.5 Å². The molecule has 7 nitrogen and oxygen atoms in total. The van der Waals surface area contributed by atoms with Gasteiger partial charge in [0, 0.05) is 7.05 Å². The number of anilines is 1. The lowest BCUT2D eigenvalue weighted by atomic mass is 10.2. The molecule has 2 amide bonds. The SMILES string of the molecule is CCCCOc1cccc(C(=O)OC2CN(C)C(=O)N2c2ncc(Br)s2)c1.